The van der Waals surface area contributed by atoms with E-state index in [4.69, 9.17) is 4.74 Å². The Labute approximate surface area is 189 Å². The Kier molecular flexibility index (Phi) is 6.47. The molecule has 2 heterocycles. The second-order valence-corrected chi connectivity index (χ2v) is 8.07. The van der Waals surface area contributed by atoms with Crippen molar-refractivity contribution in [1.82, 2.24) is 9.88 Å². The Hall–Kier alpha value is -3.70. The molecular weight excluding hydrogens is 427 g/mol. The summed E-state index contributed by atoms with van der Waals surface area (Å²) in [5.74, 6) is 0.120. The number of para-hydroxylation sites is 1. The Balaban J connectivity index is 1.45. The fourth-order valence-corrected chi connectivity index (χ4v) is 4.33. The maximum atomic E-state index is 14.0. The molecule has 8 heteroatoms. The lowest BCUT2D eigenvalue weighted by Crippen LogP contribution is -2.49. The van der Waals surface area contributed by atoms with E-state index >= 15 is 0 Å². The van der Waals surface area contributed by atoms with Gasteiger partial charge in [0.05, 0.1) is 18.5 Å². The number of piperazine rings is 1. The maximum Gasteiger partial charge on any atom is 0.264 e. The van der Waals surface area contributed by atoms with Gasteiger partial charge in [-0.1, -0.05) is 24.3 Å². The zero-order chi connectivity index (χ0) is 22.5. The van der Waals surface area contributed by atoms with E-state index < -0.39 is 0 Å². The quantitative estimate of drug-likeness (QED) is 0.432. The summed E-state index contributed by atoms with van der Waals surface area (Å²) in [7, 11) is 1.61. The average Bonchev–Trinajstić information content (AvgIpc) is 3.31. The molecule has 4 rings (SSSR count). The van der Waals surface area contributed by atoms with Crippen molar-refractivity contribution >= 4 is 29.0 Å². The highest BCUT2D eigenvalue weighted by Gasteiger charge is 2.25. The van der Waals surface area contributed by atoms with Gasteiger partial charge in [0, 0.05) is 37.1 Å². The van der Waals surface area contributed by atoms with Crippen LogP contribution in [0.4, 0.5) is 10.1 Å². The molecule has 0 aliphatic carbocycles. The van der Waals surface area contributed by atoms with Gasteiger partial charge >= 0.3 is 0 Å². The molecular formula is C24H21FN4O2S. The number of benzene rings is 2. The number of methoxy groups -OCH3 is 1. The van der Waals surface area contributed by atoms with Crippen molar-refractivity contribution < 1.29 is 13.9 Å². The van der Waals surface area contributed by atoms with Gasteiger partial charge in [-0.3, -0.25) is 4.79 Å². The number of thiazole rings is 1. The summed E-state index contributed by atoms with van der Waals surface area (Å²) in [6.45, 7) is 1.83. The number of carbonyl (C=O) groups is 1. The molecule has 32 heavy (non-hydrogen) atoms. The zero-order valence-electron chi connectivity index (χ0n) is 17.5. The molecule has 1 amide bonds. The summed E-state index contributed by atoms with van der Waals surface area (Å²) in [4.78, 5) is 21.0. The monoisotopic (exact) mass is 448 g/mol. The van der Waals surface area contributed by atoms with Gasteiger partial charge in [0.25, 0.3) is 5.91 Å². The van der Waals surface area contributed by atoms with Crippen LogP contribution >= 0.6 is 11.3 Å². The fraction of sp³-hybridized carbons (Fsp3) is 0.208. The second-order valence-electron chi connectivity index (χ2n) is 7.21. The van der Waals surface area contributed by atoms with Crippen LogP contribution in [0.3, 0.4) is 0 Å². The minimum absolute atomic E-state index is 0.0341. The van der Waals surface area contributed by atoms with Gasteiger partial charge in [-0.25, -0.2) is 9.37 Å². The number of rotatable bonds is 5. The molecule has 0 saturated carbocycles. The van der Waals surface area contributed by atoms with Gasteiger partial charge in [-0.05, 0) is 30.3 Å². The number of nitrogens with zero attached hydrogens (tertiary/aromatic N) is 4. The van der Waals surface area contributed by atoms with Crippen molar-refractivity contribution in [2.75, 3.05) is 38.2 Å². The number of hydrogen-bond donors (Lipinski definition) is 0. The summed E-state index contributed by atoms with van der Waals surface area (Å²) in [5, 5.41) is 12.2. The summed E-state index contributed by atoms with van der Waals surface area (Å²) in [5.41, 5.74) is 2.03. The van der Waals surface area contributed by atoms with E-state index in [9.17, 15) is 14.4 Å². The lowest BCUT2D eigenvalue weighted by Gasteiger charge is -2.36. The predicted molar refractivity (Wildman–Crippen MR) is 123 cm³/mol. The molecule has 0 unspecified atom stereocenters. The standard InChI is InChI=1S/C24H21FN4O2S/c1-31-20-6-4-5-17(14-20)23-27-19(16-32-23)13-18(15-26)24(30)29-11-9-28(10-12-29)22-8-3-2-7-21(22)25/h2-8,13-14,16H,9-12H2,1H3/b18-13-. The van der Waals surface area contributed by atoms with E-state index in [0.717, 1.165) is 16.3 Å². The lowest BCUT2D eigenvalue weighted by molar-refractivity contribution is -0.126. The zero-order valence-corrected chi connectivity index (χ0v) is 18.3. The van der Waals surface area contributed by atoms with Crippen molar-refractivity contribution in [3.05, 3.63) is 71.0 Å². The molecule has 1 aromatic heterocycles. The molecule has 1 aliphatic heterocycles. The van der Waals surface area contributed by atoms with Crippen molar-refractivity contribution in [2.24, 2.45) is 0 Å². The molecule has 0 atom stereocenters. The topological polar surface area (TPSA) is 69.5 Å². The molecule has 0 spiro atoms. The molecule has 0 N–H and O–H groups in total. The molecule has 0 radical (unpaired) electrons. The number of amides is 1. The van der Waals surface area contributed by atoms with E-state index in [1.165, 1.54) is 23.5 Å². The number of hydrogen-bond acceptors (Lipinski definition) is 6. The summed E-state index contributed by atoms with van der Waals surface area (Å²) in [6.07, 6.45) is 1.52. The molecule has 162 valence electrons. The first-order chi connectivity index (χ1) is 15.6. The Morgan fingerprint density at radius 2 is 1.97 bits per heavy atom. The molecule has 1 aliphatic rings. The first-order valence-electron chi connectivity index (χ1n) is 10.1. The van der Waals surface area contributed by atoms with Crippen LogP contribution in [0.5, 0.6) is 5.75 Å². The van der Waals surface area contributed by atoms with Crippen LogP contribution in [-0.2, 0) is 4.79 Å². The smallest absolute Gasteiger partial charge is 0.264 e. The highest BCUT2D eigenvalue weighted by atomic mass is 32.1. The molecule has 0 bridgehead atoms. The number of aromatic nitrogens is 1. The molecule has 2 aromatic carbocycles. The molecule has 3 aromatic rings. The third-order valence-electron chi connectivity index (χ3n) is 5.24. The van der Waals surface area contributed by atoms with E-state index in [1.807, 2.05) is 40.6 Å². The van der Waals surface area contributed by atoms with Gasteiger partial charge in [-0.2, -0.15) is 5.26 Å². The highest BCUT2D eigenvalue weighted by Crippen LogP contribution is 2.28. The van der Waals surface area contributed by atoms with Gasteiger partial charge < -0.3 is 14.5 Å². The van der Waals surface area contributed by atoms with E-state index in [1.54, 1.807) is 30.2 Å². The van der Waals surface area contributed by atoms with Crippen LogP contribution in [-0.4, -0.2) is 49.1 Å². The van der Waals surface area contributed by atoms with E-state index in [-0.39, 0.29) is 17.3 Å². The first kappa shape index (κ1) is 21.5. The van der Waals surface area contributed by atoms with Crippen LogP contribution in [0, 0.1) is 17.1 Å². The minimum Gasteiger partial charge on any atom is -0.497 e. The number of ether oxygens (including phenoxy) is 1. The van der Waals surface area contributed by atoms with E-state index in [0.29, 0.717) is 37.6 Å². The molecule has 1 saturated heterocycles. The van der Waals surface area contributed by atoms with Crippen molar-refractivity contribution in [3.8, 4) is 22.4 Å². The Morgan fingerprint density at radius 3 is 2.69 bits per heavy atom. The number of nitriles is 1. The minimum atomic E-state index is -0.336. The predicted octanol–water partition coefficient (Wildman–Crippen LogP) is 4.21. The summed E-state index contributed by atoms with van der Waals surface area (Å²) in [6, 6.07) is 16.2. The molecule has 6 nitrogen and oxygen atoms in total. The number of carbonyl (C=O) groups excluding carboxylic acids is 1. The Morgan fingerprint density at radius 1 is 1.19 bits per heavy atom. The second kappa shape index (κ2) is 9.62. The average molecular weight is 449 g/mol. The van der Waals surface area contributed by atoms with Crippen LogP contribution < -0.4 is 9.64 Å². The van der Waals surface area contributed by atoms with Gasteiger partial charge in [-0.15, -0.1) is 11.3 Å². The summed E-state index contributed by atoms with van der Waals surface area (Å²) < 4.78 is 19.3. The maximum absolute atomic E-state index is 14.0. The van der Waals surface area contributed by atoms with Gasteiger partial charge in [0.15, 0.2) is 0 Å². The summed E-state index contributed by atoms with van der Waals surface area (Å²) >= 11 is 1.43. The van der Waals surface area contributed by atoms with Crippen molar-refractivity contribution in [1.29, 1.82) is 5.26 Å². The third kappa shape index (κ3) is 4.63. The number of halogens is 1. The van der Waals surface area contributed by atoms with Crippen LogP contribution in [0.2, 0.25) is 0 Å². The largest absolute Gasteiger partial charge is 0.497 e. The fourth-order valence-electron chi connectivity index (χ4n) is 3.56. The Bertz CT molecular complexity index is 1190. The SMILES string of the molecule is COc1cccc(-c2nc(/C=C(/C#N)C(=O)N3CCN(c4ccccc4F)CC3)cs2)c1. The van der Waals surface area contributed by atoms with Crippen molar-refractivity contribution in [2.45, 2.75) is 0 Å². The van der Waals surface area contributed by atoms with Gasteiger partial charge in [0.1, 0.15) is 28.2 Å². The van der Waals surface area contributed by atoms with Crippen LogP contribution in [0.25, 0.3) is 16.6 Å². The van der Waals surface area contributed by atoms with Gasteiger partial charge in [0.2, 0.25) is 0 Å². The third-order valence-corrected chi connectivity index (χ3v) is 6.15. The first-order valence-corrected chi connectivity index (χ1v) is 11.0. The highest BCUT2D eigenvalue weighted by molar-refractivity contribution is 7.13. The lowest BCUT2D eigenvalue weighted by atomic mass is 10.1. The molecule has 1 fully saturated rings. The van der Waals surface area contributed by atoms with Crippen LogP contribution in [0.1, 0.15) is 5.69 Å². The van der Waals surface area contributed by atoms with E-state index in [2.05, 4.69) is 4.98 Å². The number of anilines is 1. The van der Waals surface area contributed by atoms with Crippen LogP contribution in [0.15, 0.2) is 59.5 Å². The van der Waals surface area contributed by atoms with Crippen molar-refractivity contribution in [3.63, 3.8) is 0 Å². The normalized spacial score (nSPS) is 14.2.